The van der Waals surface area contributed by atoms with E-state index in [1.807, 2.05) is 42.5 Å². The van der Waals surface area contributed by atoms with Gasteiger partial charge in [-0.2, -0.15) is 0 Å². The van der Waals surface area contributed by atoms with Crippen molar-refractivity contribution < 1.29 is 23.9 Å². The number of amides is 2. The maximum absolute atomic E-state index is 13.5. The lowest BCUT2D eigenvalue weighted by Gasteiger charge is -2.28. The molecule has 3 aromatic rings. The molecule has 1 aliphatic heterocycles. The SMILES string of the molecule is CC(C)(C)OC(=O)N1CCC[C@H]1C(=O)Nc1cc(-c2ccc(C=O)cc2)ccc1-c1ccc(C=O)cc1. The van der Waals surface area contributed by atoms with Crippen molar-refractivity contribution in [1.29, 1.82) is 0 Å². The molecule has 7 heteroatoms. The van der Waals surface area contributed by atoms with Crippen LogP contribution in [0.4, 0.5) is 10.5 Å². The molecule has 1 fully saturated rings. The molecule has 1 N–H and O–H groups in total. The van der Waals surface area contributed by atoms with Crippen LogP contribution in [0.1, 0.15) is 54.3 Å². The van der Waals surface area contributed by atoms with Gasteiger partial charge in [-0.1, -0.05) is 60.7 Å². The molecule has 7 nitrogen and oxygen atoms in total. The van der Waals surface area contributed by atoms with Crippen LogP contribution in [-0.4, -0.2) is 47.7 Å². The number of ether oxygens (including phenoxy) is 1. The van der Waals surface area contributed by atoms with Gasteiger partial charge in [0.05, 0.1) is 0 Å². The zero-order chi connectivity index (χ0) is 26.6. The minimum Gasteiger partial charge on any atom is -0.444 e. The third-order valence-electron chi connectivity index (χ3n) is 6.20. The van der Waals surface area contributed by atoms with Gasteiger partial charge >= 0.3 is 6.09 Å². The van der Waals surface area contributed by atoms with E-state index in [-0.39, 0.29) is 5.91 Å². The Kier molecular flexibility index (Phi) is 7.53. The number of hydrogen-bond donors (Lipinski definition) is 1. The zero-order valence-corrected chi connectivity index (χ0v) is 21.2. The van der Waals surface area contributed by atoms with Crippen molar-refractivity contribution in [2.45, 2.75) is 45.3 Å². The Labute approximate surface area is 216 Å². The summed E-state index contributed by atoms with van der Waals surface area (Å²) in [6.07, 6.45) is 2.32. The number of carbonyl (C=O) groups is 4. The molecule has 0 radical (unpaired) electrons. The summed E-state index contributed by atoms with van der Waals surface area (Å²) >= 11 is 0. The molecule has 190 valence electrons. The van der Waals surface area contributed by atoms with Gasteiger partial charge in [0.25, 0.3) is 0 Å². The topological polar surface area (TPSA) is 92.8 Å². The Bertz CT molecular complexity index is 1310. The summed E-state index contributed by atoms with van der Waals surface area (Å²) in [6.45, 7) is 5.85. The maximum Gasteiger partial charge on any atom is 0.410 e. The maximum atomic E-state index is 13.5. The second kappa shape index (κ2) is 10.8. The number of aldehydes is 2. The Morgan fingerprint density at radius 3 is 2.00 bits per heavy atom. The van der Waals surface area contributed by atoms with Gasteiger partial charge in [-0.3, -0.25) is 19.3 Å². The number of nitrogens with zero attached hydrogens (tertiary/aromatic N) is 1. The molecule has 0 spiro atoms. The van der Waals surface area contributed by atoms with E-state index < -0.39 is 17.7 Å². The van der Waals surface area contributed by atoms with Gasteiger partial charge in [-0.05, 0) is 56.4 Å². The standard InChI is InChI=1S/C30H30N2O5/c1-30(2,3)37-29(36)32-16-4-5-27(32)28(35)31-26-17-24(22-10-6-20(18-33)7-11-22)14-15-25(26)23-12-8-21(19-34)9-13-23/h6-15,17-19,27H,4-5,16H2,1-3H3,(H,31,35)/t27-/m0/s1. The number of anilines is 1. The van der Waals surface area contributed by atoms with Crippen LogP contribution in [0.15, 0.2) is 66.7 Å². The van der Waals surface area contributed by atoms with Crippen molar-refractivity contribution in [3.8, 4) is 22.3 Å². The minimum atomic E-state index is -0.657. The van der Waals surface area contributed by atoms with Crippen molar-refractivity contribution >= 4 is 30.3 Å². The third-order valence-corrected chi connectivity index (χ3v) is 6.20. The average molecular weight is 499 g/mol. The van der Waals surface area contributed by atoms with E-state index in [2.05, 4.69) is 5.32 Å². The summed E-state index contributed by atoms with van der Waals surface area (Å²) in [5, 5.41) is 3.05. The molecule has 1 atom stereocenters. The van der Waals surface area contributed by atoms with Crippen LogP contribution in [0.5, 0.6) is 0 Å². The largest absolute Gasteiger partial charge is 0.444 e. The molecule has 0 aliphatic carbocycles. The molecule has 4 rings (SSSR count). The van der Waals surface area contributed by atoms with E-state index in [0.29, 0.717) is 36.2 Å². The molecule has 2 amide bonds. The van der Waals surface area contributed by atoms with Gasteiger partial charge in [-0.25, -0.2) is 4.79 Å². The van der Waals surface area contributed by atoms with Crippen LogP contribution < -0.4 is 5.32 Å². The van der Waals surface area contributed by atoms with Crippen LogP contribution in [0, 0.1) is 0 Å². The lowest BCUT2D eigenvalue weighted by molar-refractivity contribution is -0.120. The first-order valence-corrected chi connectivity index (χ1v) is 12.2. The first-order chi connectivity index (χ1) is 17.7. The van der Waals surface area contributed by atoms with E-state index >= 15 is 0 Å². The van der Waals surface area contributed by atoms with E-state index in [9.17, 15) is 19.2 Å². The monoisotopic (exact) mass is 498 g/mol. The molecule has 1 aliphatic rings. The fourth-order valence-electron chi connectivity index (χ4n) is 4.37. The molecular formula is C30H30N2O5. The summed E-state index contributed by atoms with van der Waals surface area (Å²) in [6, 6.07) is 19.4. The van der Waals surface area contributed by atoms with Crippen molar-refractivity contribution in [3.63, 3.8) is 0 Å². The highest BCUT2D eigenvalue weighted by atomic mass is 16.6. The number of hydrogen-bond acceptors (Lipinski definition) is 5. The molecule has 1 heterocycles. The summed E-state index contributed by atoms with van der Waals surface area (Å²) < 4.78 is 5.52. The smallest absolute Gasteiger partial charge is 0.410 e. The lowest BCUT2D eigenvalue weighted by atomic mass is 9.97. The van der Waals surface area contributed by atoms with E-state index in [1.165, 1.54) is 4.90 Å². The van der Waals surface area contributed by atoms with Crippen molar-refractivity contribution in [3.05, 3.63) is 77.9 Å². The lowest BCUT2D eigenvalue weighted by Crippen LogP contribution is -2.45. The Balaban J connectivity index is 1.67. The van der Waals surface area contributed by atoms with Crippen molar-refractivity contribution in [2.75, 3.05) is 11.9 Å². The number of nitrogens with one attached hydrogen (secondary N) is 1. The molecule has 37 heavy (non-hydrogen) atoms. The van der Waals surface area contributed by atoms with E-state index in [0.717, 1.165) is 34.8 Å². The highest BCUT2D eigenvalue weighted by Crippen LogP contribution is 2.34. The molecule has 3 aromatic carbocycles. The van der Waals surface area contributed by atoms with Crippen LogP contribution >= 0.6 is 0 Å². The van der Waals surface area contributed by atoms with Crippen LogP contribution in [0.3, 0.4) is 0 Å². The highest BCUT2D eigenvalue weighted by Gasteiger charge is 2.36. The number of rotatable bonds is 6. The van der Waals surface area contributed by atoms with Crippen molar-refractivity contribution in [2.24, 2.45) is 0 Å². The Hall–Kier alpha value is -4.26. The van der Waals surface area contributed by atoms with Crippen LogP contribution in [0.25, 0.3) is 22.3 Å². The first-order valence-electron chi connectivity index (χ1n) is 12.2. The minimum absolute atomic E-state index is 0.289. The average Bonchev–Trinajstić information content (AvgIpc) is 3.38. The van der Waals surface area contributed by atoms with Gasteiger partial charge < -0.3 is 10.1 Å². The summed E-state index contributed by atoms with van der Waals surface area (Å²) in [5.74, 6) is -0.289. The van der Waals surface area contributed by atoms with Gasteiger partial charge in [0.2, 0.25) is 5.91 Å². The highest BCUT2D eigenvalue weighted by molar-refractivity contribution is 6.01. The molecule has 1 saturated heterocycles. The number of likely N-dealkylation sites (tertiary alicyclic amines) is 1. The third kappa shape index (κ3) is 6.12. The van der Waals surface area contributed by atoms with E-state index in [1.54, 1.807) is 45.0 Å². The van der Waals surface area contributed by atoms with Crippen LogP contribution in [-0.2, 0) is 9.53 Å². The second-order valence-corrected chi connectivity index (χ2v) is 10.1. The summed E-state index contributed by atoms with van der Waals surface area (Å²) in [5.41, 5.74) is 4.41. The first kappa shape index (κ1) is 25.8. The predicted molar refractivity (Wildman–Crippen MR) is 143 cm³/mol. The molecule has 0 saturated carbocycles. The van der Waals surface area contributed by atoms with Gasteiger partial charge in [0.1, 0.15) is 24.2 Å². The molecular weight excluding hydrogens is 468 g/mol. The van der Waals surface area contributed by atoms with Gasteiger partial charge in [0.15, 0.2) is 0 Å². The molecule has 0 bridgehead atoms. The fraction of sp³-hybridized carbons (Fsp3) is 0.267. The second-order valence-electron chi connectivity index (χ2n) is 10.1. The van der Waals surface area contributed by atoms with E-state index in [4.69, 9.17) is 4.74 Å². The van der Waals surface area contributed by atoms with Gasteiger partial charge in [0, 0.05) is 28.9 Å². The van der Waals surface area contributed by atoms with Gasteiger partial charge in [-0.15, -0.1) is 0 Å². The Morgan fingerprint density at radius 2 is 1.43 bits per heavy atom. The van der Waals surface area contributed by atoms with Crippen LogP contribution in [0.2, 0.25) is 0 Å². The molecule has 0 unspecified atom stereocenters. The Morgan fingerprint density at radius 1 is 0.865 bits per heavy atom. The summed E-state index contributed by atoms with van der Waals surface area (Å²) in [7, 11) is 0. The summed E-state index contributed by atoms with van der Waals surface area (Å²) in [4.78, 5) is 49.9. The quantitative estimate of drug-likeness (QED) is 0.422. The zero-order valence-electron chi connectivity index (χ0n) is 21.2. The fourth-order valence-corrected chi connectivity index (χ4v) is 4.37. The molecule has 0 aromatic heterocycles. The number of carbonyl (C=O) groups excluding carboxylic acids is 4. The predicted octanol–water partition coefficient (Wildman–Crippen LogP) is 5.98. The normalized spacial score (nSPS) is 15.2. The number of benzene rings is 3. The van der Waals surface area contributed by atoms with Crippen molar-refractivity contribution in [1.82, 2.24) is 4.90 Å².